The normalized spacial score (nSPS) is 23.6. The Morgan fingerprint density at radius 3 is 2.70 bits per heavy atom. The standard InChI is InChI=1S/C20H29F2N3O2/c1-27-12-4-10-24-9-2-7-20(14-24)8-3-11-25(15-20)19(26)23-16-5-6-17(21)18(22)13-16/h5-6,13H,2-4,7-12,14-15H2,1H3,(H,23,26). The van der Waals surface area contributed by atoms with Crippen LogP contribution in [0, 0.1) is 17.0 Å². The molecule has 0 aromatic heterocycles. The van der Waals surface area contributed by atoms with Gasteiger partial charge in [-0.3, -0.25) is 0 Å². The number of methoxy groups -OCH3 is 1. The number of carbonyl (C=O) groups excluding carboxylic acids is 1. The molecule has 0 bridgehead atoms. The number of anilines is 1. The van der Waals surface area contributed by atoms with Gasteiger partial charge in [0.1, 0.15) is 0 Å². The molecule has 5 nitrogen and oxygen atoms in total. The van der Waals surface area contributed by atoms with Gasteiger partial charge < -0.3 is 19.9 Å². The molecular weight excluding hydrogens is 352 g/mol. The lowest BCUT2D eigenvalue weighted by molar-refractivity contribution is 0.0257. The van der Waals surface area contributed by atoms with Gasteiger partial charge in [-0.25, -0.2) is 13.6 Å². The number of likely N-dealkylation sites (tertiary alicyclic amines) is 2. The van der Waals surface area contributed by atoms with Crippen LogP contribution >= 0.6 is 0 Å². The van der Waals surface area contributed by atoms with E-state index >= 15 is 0 Å². The molecule has 2 aliphatic rings. The zero-order valence-electron chi connectivity index (χ0n) is 16.0. The zero-order chi connectivity index (χ0) is 19.3. The average Bonchev–Trinajstić information content (AvgIpc) is 2.65. The second-order valence-corrected chi connectivity index (χ2v) is 7.81. The number of rotatable bonds is 5. The van der Waals surface area contributed by atoms with Crippen LogP contribution in [-0.2, 0) is 4.74 Å². The second-order valence-electron chi connectivity index (χ2n) is 7.81. The predicted molar refractivity (Wildman–Crippen MR) is 101 cm³/mol. The molecule has 1 N–H and O–H groups in total. The third-order valence-electron chi connectivity index (χ3n) is 5.68. The number of urea groups is 1. The van der Waals surface area contributed by atoms with Crippen molar-refractivity contribution in [1.82, 2.24) is 9.80 Å². The number of carbonyl (C=O) groups is 1. The van der Waals surface area contributed by atoms with Gasteiger partial charge in [0.15, 0.2) is 11.6 Å². The lowest BCUT2D eigenvalue weighted by atomic mass is 9.73. The number of halogens is 2. The topological polar surface area (TPSA) is 44.8 Å². The molecule has 1 spiro atoms. The molecule has 150 valence electrons. The number of benzene rings is 1. The van der Waals surface area contributed by atoms with E-state index in [0.29, 0.717) is 13.1 Å². The Balaban J connectivity index is 1.59. The summed E-state index contributed by atoms with van der Waals surface area (Å²) in [5.74, 6) is -1.87. The van der Waals surface area contributed by atoms with Crippen molar-refractivity contribution >= 4 is 11.7 Å². The van der Waals surface area contributed by atoms with Gasteiger partial charge in [0, 0.05) is 57.1 Å². The van der Waals surface area contributed by atoms with Gasteiger partial charge in [0.2, 0.25) is 0 Å². The first-order chi connectivity index (χ1) is 13.0. The van der Waals surface area contributed by atoms with Crippen LogP contribution < -0.4 is 5.32 Å². The highest BCUT2D eigenvalue weighted by Crippen LogP contribution is 2.38. The summed E-state index contributed by atoms with van der Waals surface area (Å²) < 4.78 is 31.6. The molecule has 3 rings (SSSR count). The summed E-state index contributed by atoms with van der Waals surface area (Å²) >= 11 is 0. The van der Waals surface area contributed by atoms with Gasteiger partial charge >= 0.3 is 6.03 Å². The highest BCUT2D eigenvalue weighted by molar-refractivity contribution is 5.89. The second kappa shape index (κ2) is 8.97. The summed E-state index contributed by atoms with van der Waals surface area (Å²) in [7, 11) is 1.72. The van der Waals surface area contributed by atoms with Crippen LogP contribution in [0.4, 0.5) is 19.3 Å². The molecule has 2 amide bonds. The van der Waals surface area contributed by atoms with Crippen LogP contribution in [0.5, 0.6) is 0 Å². The van der Waals surface area contributed by atoms with Crippen molar-refractivity contribution in [3.63, 3.8) is 0 Å². The number of hydrogen-bond acceptors (Lipinski definition) is 3. The highest BCUT2D eigenvalue weighted by atomic mass is 19.2. The number of hydrogen-bond donors (Lipinski definition) is 1. The van der Waals surface area contributed by atoms with Gasteiger partial charge in [0.05, 0.1) is 0 Å². The fraction of sp³-hybridized carbons (Fsp3) is 0.650. The summed E-state index contributed by atoms with van der Waals surface area (Å²) in [6.07, 6.45) is 5.39. The molecule has 1 atom stereocenters. The van der Waals surface area contributed by atoms with E-state index in [0.717, 1.165) is 70.5 Å². The zero-order valence-corrected chi connectivity index (χ0v) is 16.0. The molecule has 0 radical (unpaired) electrons. The van der Waals surface area contributed by atoms with Gasteiger partial charge in [-0.2, -0.15) is 0 Å². The monoisotopic (exact) mass is 381 g/mol. The molecule has 2 heterocycles. The SMILES string of the molecule is COCCCN1CCCC2(CCCN(C(=O)Nc3ccc(F)c(F)c3)C2)C1. The minimum Gasteiger partial charge on any atom is -0.385 e. The third kappa shape index (κ3) is 5.17. The van der Waals surface area contributed by atoms with E-state index in [2.05, 4.69) is 10.2 Å². The number of piperidine rings is 2. The summed E-state index contributed by atoms with van der Waals surface area (Å²) in [4.78, 5) is 17.0. The fourth-order valence-corrected chi connectivity index (χ4v) is 4.42. The van der Waals surface area contributed by atoms with Crippen molar-refractivity contribution in [2.45, 2.75) is 32.1 Å². The summed E-state index contributed by atoms with van der Waals surface area (Å²) in [6, 6.07) is 3.19. The Morgan fingerprint density at radius 2 is 1.96 bits per heavy atom. The number of nitrogens with zero attached hydrogens (tertiary/aromatic N) is 2. The first-order valence-corrected chi connectivity index (χ1v) is 9.74. The van der Waals surface area contributed by atoms with Crippen molar-refractivity contribution in [3.8, 4) is 0 Å². The minimum absolute atomic E-state index is 0.134. The van der Waals surface area contributed by atoms with Crippen molar-refractivity contribution in [2.75, 3.05) is 51.8 Å². The summed E-state index contributed by atoms with van der Waals surface area (Å²) in [5.41, 5.74) is 0.415. The number of ether oxygens (including phenoxy) is 1. The lowest BCUT2D eigenvalue weighted by Crippen LogP contribution is -2.54. The van der Waals surface area contributed by atoms with E-state index in [9.17, 15) is 13.6 Å². The first kappa shape index (κ1) is 20.0. The molecule has 27 heavy (non-hydrogen) atoms. The summed E-state index contributed by atoms with van der Waals surface area (Å²) in [5, 5.41) is 2.70. The van der Waals surface area contributed by atoms with E-state index in [4.69, 9.17) is 4.74 Å². The van der Waals surface area contributed by atoms with Crippen LogP contribution in [0.1, 0.15) is 32.1 Å². The maximum absolute atomic E-state index is 13.4. The smallest absolute Gasteiger partial charge is 0.321 e. The van der Waals surface area contributed by atoms with E-state index in [-0.39, 0.29) is 17.1 Å². The highest BCUT2D eigenvalue weighted by Gasteiger charge is 2.40. The third-order valence-corrected chi connectivity index (χ3v) is 5.68. The molecular formula is C20H29F2N3O2. The quantitative estimate of drug-likeness (QED) is 0.791. The van der Waals surface area contributed by atoms with Gasteiger partial charge in [-0.1, -0.05) is 0 Å². The fourth-order valence-electron chi connectivity index (χ4n) is 4.42. The van der Waals surface area contributed by atoms with Crippen LogP contribution in [0.3, 0.4) is 0 Å². The molecule has 2 fully saturated rings. The van der Waals surface area contributed by atoms with Crippen molar-refractivity contribution in [3.05, 3.63) is 29.8 Å². The first-order valence-electron chi connectivity index (χ1n) is 9.74. The molecule has 1 aromatic carbocycles. The van der Waals surface area contributed by atoms with Gasteiger partial charge in [0.25, 0.3) is 0 Å². The lowest BCUT2D eigenvalue weighted by Gasteiger charge is -2.48. The maximum Gasteiger partial charge on any atom is 0.321 e. The number of amides is 2. The molecule has 0 aliphatic carbocycles. The Hall–Kier alpha value is -1.73. The molecule has 2 saturated heterocycles. The van der Waals surface area contributed by atoms with Gasteiger partial charge in [-0.05, 0) is 50.8 Å². The van der Waals surface area contributed by atoms with Crippen molar-refractivity contribution in [2.24, 2.45) is 5.41 Å². The Labute approximate surface area is 159 Å². The molecule has 0 saturated carbocycles. The predicted octanol–water partition coefficient (Wildman–Crippen LogP) is 3.71. The van der Waals surface area contributed by atoms with E-state index < -0.39 is 11.6 Å². The van der Waals surface area contributed by atoms with E-state index in [1.54, 1.807) is 7.11 Å². The summed E-state index contributed by atoms with van der Waals surface area (Å²) in [6.45, 7) is 5.31. The largest absolute Gasteiger partial charge is 0.385 e. The minimum atomic E-state index is -0.957. The molecule has 2 aliphatic heterocycles. The average molecular weight is 381 g/mol. The number of nitrogens with one attached hydrogen (secondary N) is 1. The van der Waals surface area contributed by atoms with E-state index in [1.165, 1.54) is 6.07 Å². The Bertz CT molecular complexity index is 654. The molecule has 7 heteroatoms. The Morgan fingerprint density at radius 1 is 1.19 bits per heavy atom. The Kier molecular flexibility index (Phi) is 6.65. The van der Waals surface area contributed by atoms with Crippen LogP contribution in [-0.4, -0.2) is 62.3 Å². The van der Waals surface area contributed by atoms with Crippen LogP contribution in [0.2, 0.25) is 0 Å². The van der Waals surface area contributed by atoms with Crippen LogP contribution in [0.25, 0.3) is 0 Å². The van der Waals surface area contributed by atoms with Crippen molar-refractivity contribution in [1.29, 1.82) is 0 Å². The van der Waals surface area contributed by atoms with Crippen LogP contribution in [0.15, 0.2) is 18.2 Å². The molecule has 1 aromatic rings. The van der Waals surface area contributed by atoms with E-state index in [1.807, 2.05) is 4.90 Å². The van der Waals surface area contributed by atoms with Crippen molar-refractivity contribution < 1.29 is 18.3 Å². The maximum atomic E-state index is 13.4. The van der Waals surface area contributed by atoms with Gasteiger partial charge in [-0.15, -0.1) is 0 Å². The molecule has 1 unspecified atom stereocenters.